The number of rotatable bonds is 5. The van der Waals surface area contributed by atoms with E-state index in [1.807, 2.05) is 32.0 Å². The number of hydrogen-bond acceptors (Lipinski definition) is 3. The second-order valence-corrected chi connectivity index (χ2v) is 6.22. The molecule has 1 atom stereocenters. The lowest BCUT2D eigenvalue weighted by Gasteiger charge is -2.19. The topological polar surface area (TPSA) is 58.6 Å². The maximum Gasteiger partial charge on any atom is 0.265 e. The monoisotopic (exact) mass is 340 g/mol. The van der Waals surface area contributed by atoms with Crippen LogP contribution in [0.3, 0.4) is 0 Å². The van der Waals surface area contributed by atoms with Crippen LogP contribution < -0.4 is 10.1 Å². The van der Waals surface area contributed by atoms with Crippen LogP contribution in [0.2, 0.25) is 0 Å². The number of amides is 2. The number of nitrogens with one attached hydrogen (secondary N) is 1. The molecule has 2 aromatic rings. The van der Waals surface area contributed by atoms with Gasteiger partial charge in [-0.25, -0.2) is 0 Å². The molecule has 0 unspecified atom stereocenters. The van der Waals surface area contributed by atoms with Crippen molar-refractivity contribution in [3.8, 4) is 5.75 Å². The molecule has 2 rings (SSSR count). The molecule has 0 radical (unpaired) electrons. The van der Waals surface area contributed by atoms with Gasteiger partial charge in [-0.05, 0) is 44.0 Å². The SMILES string of the molecule is Cc1cccc(C)c1O[C@@H](C)C(=O)Nc1ccccc1C(=O)N(C)C. The van der Waals surface area contributed by atoms with Gasteiger partial charge in [0.05, 0.1) is 11.3 Å². The van der Waals surface area contributed by atoms with E-state index >= 15 is 0 Å². The number of para-hydroxylation sites is 2. The van der Waals surface area contributed by atoms with Crippen molar-refractivity contribution < 1.29 is 14.3 Å². The van der Waals surface area contributed by atoms with Crippen molar-refractivity contribution >= 4 is 17.5 Å². The molecule has 25 heavy (non-hydrogen) atoms. The summed E-state index contributed by atoms with van der Waals surface area (Å²) in [7, 11) is 3.35. The van der Waals surface area contributed by atoms with Crippen LogP contribution >= 0.6 is 0 Å². The Kier molecular flexibility index (Phi) is 5.80. The Morgan fingerprint density at radius 2 is 1.60 bits per heavy atom. The van der Waals surface area contributed by atoms with Crippen molar-refractivity contribution in [3.05, 3.63) is 59.2 Å². The lowest BCUT2D eigenvalue weighted by atomic mass is 10.1. The number of hydrogen-bond donors (Lipinski definition) is 1. The molecule has 0 bridgehead atoms. The molecule has 0 spiro atoms. The molecule has 0 aliphatic carbocycles. The summed E-state index contributed by atoms with van der Waals surface area (Å²) in [6, 6.07) is 12.8. The molecular weight excluding hydrogens is 316 g/mol. The highest BCUT2D eigenvalue weighted by Gasteiger charge is 2.20. The fourth-order valence-electron chi connectivity index (χ4n) is 2.47. The van der Waals surface area contributed by atoms with E-state index in [0.29, 0.717) is 17.0 Å². The predicted octanol–water partition coefficient (Wildman–Crippen LogP) is 3.41. The molecule has 0 aromatic heterocycles. The molecule has 2 aromatic carbocycles. The summed E-state index contributed by atoms with van der Waals surface area (Å²) in [4.78, 5) is 26.2. The lowest BCUT2D eigenvalue weighted by Crippen LogP contribution is -2.32. The average Bonchev–Trinajstić information content (AvgIpc) is 2.57. The van der Waals surface area contributed by atoms with Crippen molar-refractivity contribution in [3.63, 3.8) is 0 Å². The first kappa shape index (κ1) is 18.5. The van der Waals surface area contributed by atoms with E-state index in [4.69, 9.17) is 4.74 Å². The Balaban J connectivity index is 2.16. The molecule has 0 aliphatic rings. The number of carbonyl (C=O) groups excluding carboxylic acids is 2. The first-order valence-corrected chi connectivity index (χ1v) is 8.15. The number of carbonyl (C=O) groups is 2. The van der Waals surface area contributed by atoms with Gasteiger partial charge in [-0.1, -0.05) is 30.3 Å². The molecule has 0 saturated carbocycles. The van der Waals surface area contributed by atoms with E-state index in [1.165, 1.54) is 4.90 Å². The highest BCUT2D eigenvalue weighted by molar-refractivity contribution is 6.04. The zero-order valence-electron chi connectivity index (χ0n) is 15.3. The van der Waals surface area contributed by atoms with Crippen LogP contribution in [0.1, 0.15) is 28.4 Å². The van der Waals surface area contributed by atoms with E-state index in [0.717, 1.165) is 11.1 Å². The minimum absolute atomic E-state index is 0.167. The van der Waals surface area contributed by atoms with Gasteiger partial charge in [0.1, 0.15) is 5.75 Å². The van der Waals surface area contributed by atoms with Gasteiger partial charge in [0.25, 0.3) is 11.8 Å². The van der Waals surface area contributed by atoms with Gasteiger partial charge in [0, 0.05) is 14.1 Å². The Morgan fingerprint density at radius 1 is 1.00 bits per heavy atom. The minimum atomic E-state index is -0.692. The van der Waals surface area contributed by atoms with E-state index in [2.05, 4.69) is 5.32 Å². The maximum atomic E-state index is 12.5. The van der Waals surface area contributed by atoms with Gasteiger partial charge in [-0.3, -0.25) is 9.59 Å². The zero-order chi connectivity index (χ0) is 18.6. The molecule has 0 fully saturated rings. The molecule has 132 valence electrons. The minimum Gasteiger partial charge on any atom is -0.480 e. The Labute approximate surface area is 148 Å². The number of aryl methyl sites for hydroxylation is 2. The first-order valence-electron chi connectivity index (χ1n) is 8.15. The molecule has 0 heterocycles. The van der Waals surface area contributed by atoms with Crippen LogP contribution in [0.4, 0.5) is 5.69 Å². The van der Waals surface area contributed by atoms with Crippen molar-refractivity contribution in [1.29, 1.82) is 0 Å². The second-order valence-electron chi connectivity index (χ2n) is 6.22. The second kappa shape index (κ2) is 7.83. The largest absolute Gasteiger partial charge is 0.480 e. The quantitative estimate of drug-likeness (QED) is 0.907. The third-order valence-corrected chi connectivity index (χ3v) is 3.89. The zero-order valence-corrected chi connectivity index (χ0v) is 15.3. The van der Waals surface area contributed by atoms with Gasteiger partial charge in [0.15, 0.2) is 6.10 Å². The number of nitrogens with zero attached hydrogens (tertiary/aromatic N) is 1. The van der Waals surface area contributed by atoms with Crippen LogP contribution in [0.5, 0.6) is 5.75 Å². The lowest BCUT2D eigenvalue weighted by molar-refractivity contribution is -0.122. The maximum absolute atomic E-state index is 12.5. The Morgan fingerprint density at radius 3 is 2.20 bits per heavy atom. The molecule has 0 saturated heterocycles. The molecule has 5 heteroatoms. The molecule has 1 N–H and O–H groups in total. The molecule has 5 nitrogen and oxygen atoms in total. The normalized spacial score (nSPS) is 11.6. The summed E-state index contributed by atoms with van der Waals surface area (Å²) in [6.45, 7) is 5.58. The van der Waals surface area contributed by atoms with Crippen LogP contribution in [-0.4, -0.2) is 36.9 Å². The van der Waals surface area contributed by atoms with Crippen molar-refractivity contribution in [2.24, 2.45) is 0 Å². The van der Waals surface area contributed by atoms with Crippen LogP contribution in [0.25, 0.3) is 0 Å². The van der Waals surface area contributed by atoms with E-state index in [-0.39, 0.29) is 11.8 Å². The van der Waals surface area contributed by atoms with E-state index in [9.17, 15) is 9.59 Å². The number of benzene rings is 2. The first-order chi connectivity index (χ1) is 11.8. The third-order valence-electron chi connectivity index (χ3n) is 3.89. The van der Waals surface area contributed by atoms with Crippen LogP contribution in [0.15, 0.2) is 42.5 Å². The van der Waals surface area contributed by atoms with E-state index < -0.39 is 6.10 Å². The molecule has 0 aliphatic heterocycles. The summed E-state index contributed by atoms with van der Waals surface area (Å²) < 4.78 is 5.85. The summed E-state index contributed by atoms with van der Waals surface area (Å²) in [5, 5.41) is 2.79. The molecule has 2 amide bonds. The molecular formula is C20H24N2O3. The van der Waals surface area contributed by atoms with Gasteiger partial charge >= 0.3 is 0 Å². The number of anilines is 1. The van der Waals surface area contributed by atoms with Crippen molar-refractivity contribution in [2.75, 3.05) is 19.4 Å². The van der Waals surface area contributed by atoms with Crippen molar-refractivity contribution in [1.82, 2.24) is 4.90 Å². The standard InChI is InChI=1S/C20H24N2O3/c1-13-9-8-10-14(2)18(13)25-15(3)19(23)21-17-12-7-6-11-16(17)20(24)22(4)5/h6-12,15H,1-5H3,(H,21,23)/t15-/m0/s1. The predicted molar refractivity (Wildman–Crippen MR) is 99.1 cm³/mol. The van der Waals surface area contributed by atoms with Crippen LogP contribution in [-0.2, 0) is 4.79 Å². The van der Waals surface area contributed by atoms with Crippen LogP contribution in [0, 0.1) is 13.8 Å². The summed E-state index contributed by atoms with van der Waals surface area (Å²) in [5.74, 6) is 0.240. The Bertz CT molecular complexity index is 764. The Hall–Kier alpha value is -2.82. The summed E-state index contributed by atoms with van der Waals surface area (Å²) in [5.41, 5.74) is 2.87. The summed E-state index contributed by atoms with van der Waals surface area (Å²) >= 11 is 0. The van der Waals surface area contributed by atoms with Gasteiger partial charge in [0.2, 0.25) is 0 Å². The average molecular weight is 340 g/mol. The highest BCUT2D eigenvalue weighted by Crippen LogP contribution is 2.24. The fourth-order valence-corrected chi connectivity index (χ4v) is 2.47. The smallest absolute Gasteiger partial charge is 0.265 e. The van der Waals surface area contributed by atoms with Gasteiger partial charge in [-0.2, -0.15) is 0 Å². The van der Waals surface area contributed by atoms with E-state index in [1.54, 1.807) is 45.3 Å². The van der Waals surface area contributed by atoms with Crippen molar-refractivity contribution in [2.45, 2.75) is 26.9 Å². The fraction of sp³-hybridized carbons (Fsp3) is 0.300. The number of ether oxygens (including phenoxy) is 1. The highest BCUT2D eigenvalue weighted by atomic mass is 16.5. The third kappa shape index (κ3) is 4.38. The van der Waals surface area contributed by atoms with Gasteiger partial charge in [-0.15, -0.1) is 0 Å². The van der Waals surface area contributed by atoms with Gasteiger partial charge < -0.3 is 15.0 Å². The summed E-state index contributed by atoms with van der Waals surface area (Å²) in [6.07, 6.45) is -0.692.